The number of aromatic amines is 1. The Labute approximate surface area is 132 Å². The zero-order valence-corrected chi connectivity index (χ0v) is 12.7. The van der Waals surface area contributed by atoms with E-state index >= 15 is 0 Å². The first-order valence-corrected chi connectivity index (χ1v) is 7.61. The summed E-state index contributed by atoms with van der Waals surface area (Å²) < 4.78 is 0. The maximum Gasteiger partial charge on any atom is 0.264 e. The van der Waals surface area contributed by atoms with Crippen molar-refractivity contribution in [3.8, 4) is 0 Å². The molecule has 1 aromatic carbocycles. The van der Waals surface area contributed by atoms with Gasteiger partial charge in [-0.2, -0.15) is 5.10 Å². The van der Waals surface area contributed by atoms with Gasteiger partial charge in [0.05, 0.1) is 18.2 Å². The van der Waals surface area contributed by atoms with Gasteiger partial charge >= 0.3 is 0 Å². The van der Waals surface area contributed by atoms with E-state index in [0.29, 0.717) is 11.6 Å². The molecule has 1 aliphatic heterocycles. The Kier molecular flexibility index (Phi) is 4.24. The predicted octanol–water partition coefficient (Wildman–Crippen LogP) is 2.33. The number of hydrogen-bond donors (Lipinski definition) is 1. The lowest BCUT2D eigenvalue weighted by molar-refractivity contribution is -0.131. The molecule has 1 fully saturated rings. The average Bonchev–Trinajstić information content (AvgIpc) is 3.00. The number of nitrogens with one attached hydrogen (secondary N) is 1. The van der Waals surface area contributed by atoms with E-state index in [0.717, 1.165) is 24.1 Å². The van der Waals surface area contributed by atoms with Crippen molar-refractivity contribution in [2.24, 2.45) is 0 Å². The van der Waals surface area contributed by atoms with Gasteiger partial charge in [0.15, 0.2) is 0 Å². The number of halogens is 1. The number of rotatable bonds is 3. The molecule has 1 N–H and O–H groups in total. The maximum absolute atomic E-state index is 12.6. The lowest BCUT2D eigenvalue weighted by Gasteiger charge is -2.24. The minimum Gasteiger partial charge on any atom is -0.334 e. The summed E-state index contributed by atoms with van der Waals surface area (Å²) in [6.07, 6.45) is 2.06. The van der Waals surface area contributed by atoms with Gasteiger partial charge in [0.1, 0.15) is 0 Å². The van der Waals surface area contributed by atoms with E-state index in [9.17, 15) is 9.59 Å². The van der Waals surface area contributed by atoms with Crippen LogP contribution >= 0.6 is 11.6 Å². The number of benzene rings is 1. The summed E-state index contributed by atoms with van der Waals surface area (Å²) in [7, 11) is 0. The molecule has 2 heterocycles. The first kappa shape index (κ1) is 14.8. The van der Waals surface area contributed by atoms with Crippen LogP contribution in [0.15, 0.2) is 41.2 Å². The van der Waals surface area contributed by atoms with E-state index < -0.39 is 0 Å². The molecule has 1 aromatic heterocycles. The van der Waals surface area contributed by atoms with Crippen LogP contribution in [0.25, 0.3) is 0 Å². The van der Waals surface area contributed by atoms with Crippen LogP contribution in [-0.2, 0) is 11.2 Å². The van der Waals surface area contributed by atoms with Gasteiger partial charge in [-0.15, -0.1) is 0 Å². The van der Waals surface area contributed by atoms with Gasteiger partial charge in [-0.1, -0.05) is 29.8 Å². The van der Waals surface area contributed by atoms with Crippen molar-refractivity contribution >= 4 is 17.5 Å². The van der Waals surface area contributed by atoms with Crippen molar-refractivity contribution < 1.29 is 4.79 Å². The normalized spacial score (nSPS) is 17.7. The number of likely N-dealkylation sites (tertiary alicyclic amines) is 1. The third-order valence-corrected chi connectivity index (χ3v) is 4.28. The lowest BCUT2D eigenvalue weighted by atomic mass is 10.1. The molecule has 114 valence electrons. The standard InChI is InChI=1S/C16H16ClN3O2/c17-12-5-2-1-4-11(12)10-16(22)20-9-3-6-14(20)13-7-8-15(21)19-18-13/h1-2,4-5,7-8,14H,3,6,9-10H2,(H,19,21). The monoisotopic (exact) mass is 317 g/mol. The molecule has 0 radical (unpaired) electrons. The van der Waals surface area contributed by atoms with Crippen LogP contribution < -0.4 is 5.56 Å². The Morgan fingerprint density at radius 3 is 2.86 bits per heavy atom. The van der Waals surface area contributed by atoms with Crippen LogP contribution in [0, 0.1) is 0 Å². The average molecular weight is 318 g/mol. The van der Waals surface area contributed by atoms with Gasteiger partial charge in [-0.25, -0.2) is 5.10 Å². The highest BCUT2D eigenvalue weighted by molar-refractivity contribution is 6.31. The van der Waals surface area contributed by atoms with E-state index in [4.69, 9.17) is 11.6 Å². The SMILES string of the molecule is O=C(Cc1ccccc1Cl)N1CCCC1c1ccc(=O)[nH]n1. The summed E-state index contributed by atoms with van der Waals surface area (Å²) >= 11 is 6.12. The zero-order chi connectivity index (χ0) is 15.5. The molecule has 5 nitrogen and oxygen atoms in total. The fourth-order valence-corrected chi connectivity index (χ4v) is 3.02. The van der Waals surface area contributed by atoms with Crippen LogP contribution in [0.1, 0.15) is 30.1 Å². The van der Waals surface area contributed by atoms with Crippen molar-refractivity contribution in [1.82, 2.24) is 15.1 Å². The van der Waals surface area contributed by atoms with E-state index in [1.54, 1.807) is 12.1 Å². The maximum atomic E-state index is 12.6. The lowest BCUT2D eigenvalue weighted by Crippen LogP contribution is -2.32. The number of nitrogens with zero attached hydrogens (tertiary/aromatic N) is 2. The van der Waals surface area contributed by atoms with Crippen molar-refractivity contribution in [3.63, 3.8) is 0 Å². The molecule has 0 saturated carbocycles. The van der Waals surface area contributed by atoms with E-state index in [1.807, 2.05) is 23.1 Å². The van der Waals surface area contributed by atoms with Gasteiger partial charge in [0, 0.05) is 17.6 Å². The molecule has 3 rings (SSSR count). The molecule has 1 atom stereocenters. The molecular weight excluding hydrogens is 302 g/mol. The van der Waals surface area contributed by atoms with Crippen LogP contribution in [0.3, 0.4) is 0 Å². The van der Waals surface area contributed by atoms with Crippen molar-refractivity contribution in [2.45, 2.75) is 25.3 Å². The van der Waals surface area contributed by atoms with Crippen molar-refractivity contribution in [2.75, 3.05) is 6.54 Å². The second-order valence-electron chi connectivity index (χ2n) is 5.36. The fraction of sp³-hybridized carbons (Fsp3) is 0.312. The Balaban J connectivity index is 1.78. The molecule has 0 bridgehead atoms. The van der Waals surface area contributed by atoms with E-state index in [1.165, 1.54) is 6.07 Å². The summed E-state index contributed by atoms with van der Waals surface area (Å²) in [6.45, 7) is 0.703. The number of aromatic nitrogens is 2. The third-order valence-electron chi connectivity index (χ3n) is 3.91. The third kappa shape index (κ3) is 3.04. The molecule has 1 unspecified atom stereocenters. The summed E-state index contributed by atoms with van der Waals surface area (Å²) in [4.78, 5) is 25.5. The topological polar surface area (TPSA) is 66.1 Å². The minimum absolute atomic E-state index is 0.0311. The highest BCUT2D eigenvalue weighted by atomic mass is 35.5. The second-order valence-corrected chi connectivity index (χ2v) is 5.77. The first-order chi connectivity index (χ1) is 10.6. The van der Waals surface area contributed by atoms with Crippen LogP contribution in [0.5, 0.6) is 0 Å². The smallest absolute Gasteiger partial charge is 0.264 e. The largest absolute Gasteiger partial charge is 0.334 e. The summed E-state index contributed by atoms with van der Waals surface area (Å²) in [5, 5.41) is 7.10. The highest BCUT2D eigenvalue weighted by Crippen LogP contribution is 2.31. The number of carbonyl (C=O) groups is 1. The number of H-pyrrole nitrogens is 1. The minimum atomic E-state index is -0.240. The van der Waals surface area contributed by atoms with Crippen LogP contribution in [-0.4, -0.2) is 27.5 Å². The summed E-state index contributed by atoms with van der Waals surface area (Å²) in [6, 6.07) is 10.4. The number of hydrogen-bond acceptors (Lipinski definition) is 3. The number of amides is 1. The molecule has 0 spiro atoms. The molecule has 6 heteroatoms. The first-order valence-electron chi connectivity index (χ1n) is 7.23. The predicted molar refractivity (Wildman–Crippen MR) is 83.7 cm³/mol. The van der Waals surface area contributed by atoms with Crippen LogP contribution in [0.4, 0.5) is 0 Å². The van der Waals surface area contributed by atoms with E-state index in [2.05, 4.69) is 10.2 Å². The van der Waals surface area contributed by atoms with Gasteiger partial charge in [0.25, 0.3) is 5.56 Å². The molecule has 2 aromatic rings. The molecule has 1 amide bonds. The van der Waals surface area contributed by atoms with E-state index in [-0.39, 0.29) is 23.9 Å². The zero-order valence-electron chi connectivity index (χ0n) is 12.0. The molecule has 1 aliphatic rings. The van der Waals surface area contributed by atoms with Crippen LogP contribution in [0.2, 0.25) is 5.02 Å². The quantitative estimate of drug-likeness (QED) is 0.945. The van der Waals surface area contributed by atoms with Gasteiger partial charge < -0.3 is 4.90 Å². The fourth-order valence-electron chi connectivity index (χ4n) is 2.82. The Morgan fingerprint density at radius 1 is 1.32 bits per heavy atom. The number of carbonyl (C=O) groups excluding carboxylic acids is 1. The van der Waals surface area contributed by atoms with Gasteiger partial charge in [-0.3, -0.25) is 9.59 Å². The van der Waals surface area contributed by atoms with Crippen molar-refractivity contribution in [1.29, 1.82) is 0 Å². The molecular formula is C16H16ClN3O2. The van der Waals surface area contributed by atoms with Gasteiger partial charge in [-0.05, 0) is 30.5 Å². The Bertz CT molecular complexity index is 724. The van der Waals surface area contributed by atoms with Gasteiger partial charge in [0.2, 0.25) is 5.91 Å². The van der Waals surface area contributed by atoms with Crippen molar-refractivity contribution in [3.05, 3.63) is 63.0 Å². The molecule has 0 aliphatic carbocycles. The Morgan fingerprint density at radius 2 is 2.14 bits per heavy atom. The molecule has 1 saturated heterocycles. The second kappa shape index (κ2) is 6.32. The highest BCUT2D eigenvalue weighted by Gasteiger charge is 2.31. The Hall–Kier alpha value is -2.14. The molecule has 22 heavy (non-hydrogen) atoms. The summed E-state index contributed by atoms with van der Waals surface area (Å²) in [5.74, 6) is 0.0311. The summed E-state index contributed by atoms with van der Waals surface area (Å²) in [5.41, 5.74) is 1.31.